The molecule has 4 heterocycles. The number of amides is 1. The molecule has 3 fully saturated rings. The topological polar surface area (TPSA) is 74.3 Å². The second kappa shape index (κ2) is 5.59. The monoisotopic (exact) mass is 369 g/mol. The first-order valence-electron chi connectivity index (χ1n) is 9.93. The molecule has 27 heavy (non-hydrogen) atoms. The third-order valence-electron chi connectivity index (χ3n) is 6.66. The average Bonchev–Trinajstić information content (AvgIpc) is 3.32. The van der Waals surface area contributed by atoms with E-state index in [1.165, 1.54) is 0 Å². The number of H-pyrrole nitrogens is 1. The van der Waals surface area contributed by atoms with Crippen LogP contribution in [-0.2, 0) is 4.74 Å². The molecule has 1 amide bonds. The van der Waals surface area contributed by atoms with Gasteiger partial charge in [-0.15, -0.1) is 0 Å². The number of aromatic nitrogens is 3. The van der Waals surface area contributed by atoms with Gasteiger partial charge in [0.2, 0.25) is 0 Å². The lowest BCUT2D eigenvalue weighted by Gasteiger charge is -2.34. The second-order valence-corrected chi connectivity index (χ2v) is 9.15. The first-order chi connectivity index (χ1) is 12.9. The van der Waals surface area contributed by atoms with Crippen molar-refractivity contribution in [2.24, 2.45) is 5.41 Å². The van der Waals surface area contributed by atoms with E-state index in [1.54, 1.807) is 6.33 Å². The Balaban J connectivity index is 1.43. The number of nitrogens with zero attached hydrogens (tertiary/aromatic N) is 4. The van der Waals surface area contributed by atoms with Crippen LogP contribution < -0.4 is 4.90 Å². The molecule has 7 nitrogen and oxygen atoms in total. The van der Waals surface area contributed by atoms with Crippen LogP contribution in [-0.4, -0.2) is 56.7 Å². The molecule has 144 valence electrons. The zero-order valence-corrected chi connectivity index (χ0v) is 16.2. The highest BCUT2D eigenvalue weighted by atomic mass is 16.6. The smallest absolute Gasteiger partial charge is 0.410 e. The maximum atomic E-state index is 12.7. The van der Waals surface area contributed by atoms with Gasteiger partial charge in [0.25, 0.3) is 0 Å². The zero-order valence-electron chi connectivity index (χ0n) is 16.2. The molecule has 3 aliphatic rings. The number of carbonyl (C=O) groups excluding carboxylic acids is 1. The van der Waals surface area contributed by atoms with Crippen LogP contribution in [0.4, 0.5) is 10.6 Å². The van der Waals surface area contributed by atoms with Crippen molar-refractivity contribution in [2.75, 3.05) is 18.0 Å². The van der Waals surface area contributed by atoms with Gasteiger partial charge in [-0.25, -0.2) is 14.8 Å². The Hall–Kier alpha value is -2.31. The van der Waals surface area contributed by atoms with Crippen LogP contribution in [0.3, 0.4) is 0 Å². The van der Waals surface area contributed by atoms with Gasteiger partial charge in [0, 0.05) is 36.8 Å². The number of likely N-dealkylation sites (tertiary alicyclic amines) is 1. The molecular formula is C20H27N5O2. The van der Waals surface area contributed by atoms with E-state index in [1.807, 2.05) is 31.9 Å². The van der Waals surface area contributed by atoms with Gasteiger partial charge in [0.15, 0.2) is 0 Å². The Morgan fingerprint density at radius 3 is 2.81 bits per heavy atom. The summed E-state index contributed by atoms with van der Waals surface area (Å²) in [5, 5.41) is 1.08. The largest absolute Gasteiger partial charge is 0.444 e. The van der Waals surface area contributed by atoms with Crippen molar-refractivity contribution >= 4 is 22.9 Å². The Labute approximate surface area is 159 Å². The van der Waals surface area contributed by atoms with Gasteiger partial charge < -0.3 is 19.5 Å². The standard InChI is InChI=1S/C20H27N5O2/c1-19(2,3)27-18(26)25-11-8-20-7-10-24(14(20)4-5-15(20)25)17-13-6-9-21-16(13)22-12-23-17/h6,9,12,14-15H,4-5,7-8,10-11H2,1-3H3,(H,21,22,23). The van der Waals surface area contributed by atoms with Crippen molar-refractivity contribution < 1.29 is 9.53 Å². The molecule has 1 spiro atoms. The summed E-state index contributed by atoms with van der Waals surface area (Å²) in [6.45, 7) is 7.59. The normalized spacial score (nSPS) is 30.0. The first-order valence-corrected chi connectivity index (χ1v) is 9.93. The molecule has 0 radical (unpaired) electrons. The number of carbonyl (C=O) groups is 1. The molecule has 1 saturated carbocycles. The van der Waals surface area contributed by atoms with Crippen LogP contribution in [0.2, 0.25) is 0 Å². The number of ether oxygens (including phenoxy) is 1. The highest BCUT2D eigenvalue weighted by Crippen LogP contribution is 2.57. The van der Waals surface area contributed by atoms with Gasteiger partial charge in [0.05, 0.1) is 5.39 Å². The fourth-order valence-electron chi connectivity index (χ4n) is 5.69. The summed E-state index contributed by atoms with van der Waals surface area (Å²) < 4.78 is 5.68. The predicted molar refractivity (Wildman–Crippen MR) is 103 cm³/mol. The van der Waals surface area contributed by atoms with Crippen molar-refractivity contribution in [3.8, 4) is 0 Å². The Bertz CT molecular complexity index is 888. The van der Waals surface area contributed by atoms with Crippen LogP contribution in [0.5, 0.6) is 0 Å². The minimum atomic E-state index is -0.451. The average molecular weight is 369 g/mol. The van der Waals surface area contributed by atoms with E-state index in [0.29, 0.717) is 6.04 Å². The minimum Gasteiger partial charge on any atom is -0.444 e. The summed E-state index contributed by atoms with van der Waals surface area (Å²) in [6.07, 6.45) is 7.72. The van der Waals surface area contributed by atoms with E-state index >= 15 is 0 Å². The van der Waals surface area contributed by atoms with Gasteiger partial charge in [0.1, 0.15) is 23.4 Å². The fourth-order valence-corrected chi connectivity index (χ4v) is 5.69. The minimum absolute atomic E-state index is 0.154. The summed E-state index contributed by atoms with van der Waals surface area (Å²) in [5.74, 6) is 1.03. The number of rotatable bonds is 1. The van der Waals surface area contributed by atoms with E-state index in [2.05, 4.69) is 25.9 Å². The van der Waals surface area contributed by atoms with Crippen molar-refractivity contribution in [3.63, 3.8) is 0 Å². The highest BCUT2D eigenvalue weighted by molar-refractivity contribution is 5.87. The number of hydrogen-bond acceptors (Lipinski definition) is 5. The van der Waals surface area contributed by atoms with Gasteiger partial charge in [-0.1, -0.05) is 0 Å². The Morgan fingerprint density at radius 1 is 1.22 bits per heavy atom. The highest BCUT2D eigenvalue weighted by Gasteiger charge is 2.62. The number of nitrogens with one attached hydrogen (secondary N) is 1. The van der Waals surface area contributed by atoms with E-state index in [0.717, 1.165) is 55.6 Å². The molecule has 0 bridgehead atoms. The fraction of sp³-hybridized carbons (Fsp3) is 0.650. The summed E-state index contributed by atoms with van der Waals surface area (Å²) in [5.41, 5.74) is 0.607. The number of hydrogen-bond donors (Lipinski definition) is 1. The summed E-state index contributed by atoms with van der Waals surface area (Å²) in [7, 11) is 0. The number of aromatic amines is 1. The molecular weight excluding hydrogens is 342 g/mol. The van der Waals surface area contributed by atoms with Gasteiger partial charge in [-0.2, -0.15) is 0 Å². The molecule has 0 aromatic carbocycles. The molecule has 1 N–H and O–H groups in total. The van der Waals surface area contributed by atoms with Crippen molar-refractivity contribution in [2.45, 2.75) is 64.1 Å². The summed E-state index contributed by atoms with van der Waals surface area (Å²) in [6, 6.07) is 2.78. The molecule has 2 aliphatic heterocycles. The lowest BCUT2D eigenvalue weighted by Crippen LogP contribution is -2.44. The molecule has 2 aromatic rings. The van der Waals surface area contributed by atoms with Crippen LogP contribution >= 0.6 is 0 Å². The molecule has 1 aliphatic carbocycles. The Kier molecular flexibility index (Phi) is 3.49. The van der Waals surface area contributed by atoms with Crippen LogP contribution in [0.25, 0.3) is 11.0 Å². The quantitative estimate of drug-likeness (QED) is 0.835. The molecule has 7 heteroatoms. The van der Waals surface area contributed by atoms with E-state index in [-0.39, 0.29) is 17.6 Å². The Morgan fingerprint density at radius 2 is 2.00 bits per heavy atom. The SMILES string of the molecule is CC(C)(C)OC(=O)N1CCC23CCN(c4ncnc5[nH]ccc45)C2CCC13. The zero-order chi connectivity index (χ0) is 18.8. The number of fused-ring (bicyclic) bond motifs is 1. The van der Waals surface area contributed by atoms with Crippen LogP contribution in [0.1, 0.15) is 46.5 Å². The summed E-state index contributed by atoms with van der Waals surface area (Å²) >= 11 is 0. The van der Waals surface area contributed by atoms with Crippen molar-refractivity contribution in [1.82, 2.24) is 19.9 Å². The van der Waals surface area contributed by atoms with E-state index in [4.69, 9.17) is 4.74 Å². The van der Waals surface area contributed by atoms with Crippen molar-refractivity contribution in [1.29, 1.82) is 0 Å². The molecule has 3 atom stereocenters. The maximum absolute atomic E-state index is 12.7. The number of anilines is 1. The van der Waals surface area contributed by atoms with E-state index in [9.17, 15) is 4.79 Å². The maximum Gasteiger partial charge on any atom is 0.410 e. The molecule has 5 rings (SSSR count). The van der Waals surface area contributed by atoms with Gasteiger partial charge >= 0.3 is 6.09 Å². The lowest BCUT2D eigenvalue weighted by atomic mass is 9.79. The van der Waals surface area contributed by atoms with Crippen LogP contribution in [0.15, 0.2) is 18.6 Å². The first kappa shape index (κ1) is 16.8. The van der Waals surface area contributed by atoms with Gasteiger partial charge in [-0.05, 0) is 52.5 Å². The molecule has 2 saturated heterocycles. The molecule has 3 unspecified atom stereocenters. The van der Waals surface area contributed by atoms with Gasteiger partial charge in [-0.3, -0.25) is 0 Å². The predicted octanol–water partition coefficient (Wildman–Crippen LogP) is 3.33. The van der Waals surface area contributed by atoms with Crippen molar-refractivity contribution in [3.05, 3.63) is 18.6 Å². The third-order valence-corrected chi connectivity index (χ3v) is 6.66. The third kappa shape index (κ3) is 2.43. The van der Waals surface area contributed by atoms with E-state index < -0.39 is 5.60 Å². The molecule has 2 aromatic heterocycles. The lowest BCUT2D eigenvalue weighted by molar-refractivity contribution is 0.0188. The van der Waals surface area contributed by atoms with Crippen LogP contribution in [0, 0.1) is 5.41 Å². The second-order valence-electron chi connectivity index (χ2n) is 9.15. The summed E-state index contributed by atoms with van der Waals surface area (Å²) in [4.78, 5) is 29.4.